The van der Waals surface area contributed by atoms with Crippen molar-refractivity contribution in [3.05, 3.63) is 71.3 Å². The van der Waals surface area contributed by atoms with E-state index in [9.17, 15) is 4.79 Å². The second kappa shape index (κ2) is 11.9. The summed E-state index contributed by atoms with van der Waals surface area (Å²) in [5.74, 6) is -0.684. The Morgan fingerprint density at radius 2 is 1.60 bits per heavy atom. The van der Waals surface area contributed by atoms with Gasteiger partial charge in [-0.15, -0.1) is 0 Å². The molecule has 2 aromatic carbocycles. The van der Waals surface area contributed by atoms with Crippen LogP contribution in [0.4, 0.5) is 0 Å². The van der Waals surface area contributed by atoms with Crippen LogP contribution in [-0.4, -0.2) is 41.7 Å². The van der Waals surface area contributed by atoms with Gasteiger partial charge in [0.15, 0.2) is 0 Å². The number of hydrogen-bond donors (Lipinski definition) is 1. The van der Waals surface area contributed by atoms with E-state index in [2.05, 4.69) is 66.4 Å². The fourth-order valence-electron chi connectivity index (χ4n) is 4.15. The normalized spacial score (nSPS) is 16.4. The Bertz CT molecular complexity index is 752. The molecule has 1 aliphatic rings. The van der Waals surface area contributed by atoms with Gasteiger partial charge in [0, 0.05) is 19.5 Å². The number of aryl methyl sites for hydroxylation is 1. The molecule has 0 amide bonds. The molecule has 1 aliphatic heterocycles. The number of piperidine rings is 1. The van der Waals surface area contributed by atoms with Gasteiger partial charge in [-0.05, 0) is 50.3 Å². The van der Waals surface area contributed by atoms with E-state index < -0.39 is 5.97 Å². The Kier molecular flexibility index (Phi) is 8.91. The minimum Gasteiger partial charge on any atom is -0.481 e. The molecule has 30 heavy (non-hydrogen) atoms. The monoisotopic (exact) mass is 409 g/mol. The number of unbranched alkanes of at least 4 members (excludes halogenated alkanes) is 3. The van der Waals surface area contributed by atoms with E-state index in [-0.39, 0.29) is 12.2 Å². The third kappa shape index (κ3) is 7.26. The largest absolute Gasteiger partial charge is 0.481 e. The molecule has 0 bridgehead atoms. The second-order valence-electron chi connectivity index (χ2n) is 8.44. The lowest BCUT2D eigenvalue weighted by Crippen LogP contribution is -2.38. The quantitative estimate of drug-likeness (QED) is 0.491. The summed E-state index contributed by atoms with van der Waals surface area (Å²) in [6.45, 7) is 5.38. The highest BCUT2D eigenvalue weighted by Crippen LogP contribution is 2.30. The van der Waals surface area contributed by atoms with E-state index in [1.165, 1.54) is 16.7 Å². The van der Waals surface area contributed by atoms with Gasteiger partial charge in [0.1, 0.15) is 6.10 Å². The molecular weight excluding hydrogens is 374 g/mol. The van der Waals surface area contributed by atoms with E-state index in [1.54, 1.807) is 0 Å². The smallest absolute Gasteiger partial charge is 0.303 e. The van der Waals surface area contributed by atoms with E-state index in [1.807, 2.05) is 0 Å². The van der Waals surface area contributed by atoms with Crippen LogP contribution in [0.2, 0.25) is 0 Å². The molecule has 4 heteroatoms. The van der Waals surface area contributed by atoms with Gasteiger partial charge < -0.3 is 14.7 Å². The Morgan fingerprint density at radius 3 is 2.27 bits per heavy atom. The summed E-state index contributed by atoms with van der Waals surface area (Å²) in [7, 11) is 0. The summed E-state index contributed by atoms with van der Waals surface area (Å²) in [6, 6.07) is 19.2. The maximum Gasteiger partial charge on any atom is 0.303 e. The van der Waals surface area contributed by atoms with Gasteiger partial charge in [-0.2, -0.15) is 0 Å². The fourth-order valence-corrected chi connectivity index (χ4v) is 4.15. The number of carboxylic acids is 1. The lowest BCUT2D eigenvalue weighted by atomic mass is 9.99. The molecule has 1 saturated heterocycles. The second-order valence-corrected chi connectivity index (χ2v) is 8.44. The molecular formula is C26H35NO3. The van der Waals surface area contributed by atoms with Crippen LogP contribution in [0.5, 0.6) is 0 Å². The lowest BCUT2D eigenvalue weighted by molar-refractivity contribution is -0.137. The molecule has 162 valence electrons. The van der Waals surface area contributed by atoms with Crippen LogP contribution >= 0.6 is 0 Å². The first kappa shape index (κ1) is 22.5. The molecule has 3 rings (SSSR count). The number of rotatable bonds is 11. The third-order valence-electron chi connectivity index (χ3n) is 5.96. The third-order valence-corrected chi connectivity index (χ3v) is 5.96. The zero-order valence-corrected chi connectivity index (χ0v) is 18.1. The van der Waals surface area contributed by atoms with Gasteiger partial charge in [-0.1, -0.05) is 73.0 Å². The van der Waals surface area contributed by atoms with Crippen LogP contribution < -0.4 is 0 Å². The van der Waals surface area contributed by atoms with E-state index in [0.29, 0.717) is 6.42 Å². The zero-order valence-electron chi connectivity index (χ0n) is 18.1. The van der Waals surface area contributed by atoms with Gasteiger partial charge >= 0.3 is 5.97 Å². The maximum absolute atomic E-state index is 10.6. The molecule has 1 fully saturated rings. The fraction of sp³-hybridized carbons (Fsp3) is 0.500. The van der Waals surface area contributed by atoms with Crippen LogP contribution in [0.3, 0.4) is 0 Å². The molecule has 1 unspecified atom stereocenters. The predicted molar refractivity (Wildman–Crippen MR) is 121 cm³/mol. The van der Waals surface area contributed by atoms with E-state index in [0.717, 1.165) is 58.2 Å². The highest BCUT2D eigenvalue weighted by atomic mass is 16.5. The summed E-state index contributed by atoms with van der Waals surface area (Å²) in [5, 5.41) is 8.70. The highest BCUT2D eigenvalue weighted by Gasteiger charge is 2.24. The summed E-state index contributed by atoms with van der Waals surface area (Å²) in [6.07, 6.45) is 6.77. The minimum atomic E-state index is -0.684. The molecule has 1 N–H and O–H groups in total. The number of benzene rings is 2. The Morgan fingerprint density at radius 1 is 0.967 bits per heavy atom. The van der Waals surface area contributed by atoms with Gasteiger partial charge in [-0.25, -0.2) is 0 Å². The lowest BCUT2D eigenvalue weighted by Gasteiger charge is -2.34. The van der Waals surface area contributed by atoms with Crippen LogP contribution in [0.1, 0.15) is 67.7 Å². The van der Waals surface area contributed by atoms with Gasteiger partial charge in [-0.3, -0.25) is 4.79 Å². The first-order chi connectivity index (χ1) is 14.6. The number of likely N-dealkylation sites (tertiary alicyclic amines) is 1. The topological polar surface area (TPSA) is 49.8 Å². The molecule has 1 atom stereocenters. The molecule has 4 nitrogen and oxygen atoms in total. The predicted octanol–water partition coefficient (Wildman–Crippen LogP) is 5.60. The number of nitrogens with zero attached hydrogens (tertiary/aromatic N) is 1. The number of aliphatic carboxylic acids is 1. The van der Waals surface area contributed by atoms with Crippen LogP contribution in [0.25, 0.3) is 0 Å². The standard InChI is InChI=1S/C26H35NO3/c1-21-12-14-23(15-13-21)26(22-9-5-4-6-10-22)30-24-16-19-27(20-17-24)18-8-3-2-7-11-25(28)29/h4-6,9-10,12-15,24,26H,2-3,7-8,11,16-20H2,1H3,(H,28,29). The first-order valence-electron chi connectivity index (χ1n) is 11.3. The van der Waals surface area contributed by atoms with Crippen LogP contribution in [0.15, 0.2) is 54.6 Å². The summed E-state index contributed by atoms with van der Waals surface area (Å²) >= 11 is 0. The molecule has 0 aromatic heterocycles. The summed E-state index contributed by atoms with van der Waals surface area (Å²) in [5.41, 5.74) is 3.70. The van der Waals surface area contributed by atoms with Crippen molar-refractivity contribution in [1.29, 1.82) is 0 Å². The molecule has 0 saturated carbocycles. The van der Waals surface area contributed by atoms with Crippen molar-refractivity contribution in [2.45, 2.75) is 64.1 Å². The molecule has 0 aliphatic carbocycles. The van der Waals surface area contributed by atoms with Gasteiger partial charge in [0.25, 0.3) is 0 Å². The van der Waals surface area contributed by atoms with E-state index in [4.69, 9.17) is 9.84 Å². The van der Waals surface area contributed by atoms with Crippen molar-refractivity contribution >= 4 is 5.97 Å². The average Bonchev–Trinajstić information content (AvgIpc) is 2.76. The highest BCUT2D eigenvalue weighted by molar-refractivity contribution is 5.66. The summed E-state index contributed by atoms with van der Waals surface area (Å²) < 4.78 is 6.65. The average molecular weight is 410 g/mol. The molecule has 1 heterocycles. The number of hydrogen-bond acceptors (Lipinski definition) is 3. The molecule has 0 radical (unpaired) electrons. The SMILES string of the molecule is Cc1ccc(C(OC2CCN(CCCCCCC(=O)O)CC2)c2ccccc2)cc1. The Balaban J connectivity index is 1.47. The number of carbonyl (C=O) groups is 1. The van der Waals surface area contributed by atoms with Crippen molar-refractivity contribution in [2.24, 2.45) is 0 Å². The van der Waals surface area contributed by atoms with Crippen molar-refractivity contribution in [1.82, 2.24) is 4.90 Å². The van der Waals surface area contributed by atoms with Crippen molar-refractivity contribution in [3.8, 4) is 0 Å². The first-order valence-corrected chi connectivity index (χ1v) is 11.3. The Labute approximate surface area is 180 Å². The van der Waals surface area contributed by atoms with Crippen molar-refractivity contribution < 1.29 is 14.6 Å². The Hall–Kier alpha value is -2.17. The van der Waals surface area contributed by atoms with Crippen molar-refractivity contribution in [3.63, 3.8) is 0 Å². The zero-order chi connectivity index (χ0) is 21.2. The minimum absolute atomic E-state index is 0.0161. The van der Waals surface area contributed by atoms with E-state index >= 15 is 0 Å². The summed E-state index contributed by atoms with van der Waals surface area (Å²) in [4.78, 5) is 13.1. The number of carboxylic acid groups (broad SMARTS) is 1. The maximum atomic E-state index is 10.6. The van der Waals surface area contributed by atoms with Gasteiger partial charge in [0.2, 0.25) is 0 Å². The number of ether oxygens (including phenoxy) is 1. The van der Waals surface area contributed by atoms with Crippen LogP contribution in [-0.2, 0) is 9.53 Å². The van der Waals surface area contributed by atoms with Gasteiger partial charge in [0.05, 0.1) is 6.10 Å². The van der Waals surface area contributed by atoms with Crippen molar-refractivity contribution in [2.75, 3.05) is 19.6 Å². The molecule has 2 aromatic rings. The molecule has 0 spiro atoms. The van der Waals surface area contributed by atoms with Crippen LogP contribution in [0, 0.1) is 6.92 Å².